The zero-order chi connectivity index (χ0) is 26.2. The van der Waals surface area contributed by atoms with Crippen LogP contribution >= 0.6 is 0 Å². The molecule has 0 bridgehead atoms. The van der Waals surface area contributed by atoms with Gasteiger partial charge in [0.15, 0.2) is 14.6 Å². The second kappa shape index (κ2) is 12.2. The van der Waals surface area contributed by atoms with Gasteiger partial charge >= 0.3 is 6.09 Å². The lowest BCUT2D eigenvalue weighted by molar-refractivity contribution is -0.249. The number of nitrogens with one attached hydrogen (secondary N) is 1. The normalized spacial score (nSPS) is 26.2. The molecule has 1 aliphatic heterocycles. The Morgan fingerprint density at radius 2 is 1.69 bits per heavy atom. The largest absolute Gasteiger partial charge is 0.445 e. The third-order valence-corrected chi connectivity index (χ3v) is 7.55. The predicted molar refractivity (Wildman–Crippen MR) is 142 cm³/mol. The van der Waals surface area contributed by atoms with Gasteiger partial charge in [-0.1, -0.05) is 66.7 Å². The fraction of sp³-hybridized carbons (Fsp3) is 0.464. The van der Waals surface area contributed by atoms with E-state index < -0.39 is 37.8 Å². The minimum absolute atomic E-state index is 0.000453. The molecular weight excluding hydrogens is 474 g/mol. The van der Waals surface area contributed by atoms with Crippen LogP contribution in [-0.2, 0) is 31.9 Å². The van der Waals surface area contributed by atoms with Crippen LogP contribution in [0.4, 0.5) is 4.79 Å². The van der Waals surface area contributed by atoms with Crippen LogP contribution < -0.4 is 5.32 Å². The van der Waals surface area contributed by atoms with E-state index in [2.05, 4.69) is 31.5 Å². The second-order valence-corrected chi connectivity index (χ2v) is 14.7. The Morgan fingerprint density at radius 1 is 1.11 bits per heavy atom. The summed E-state index contributed by atoms with van der Waals surface area (Å²) in [5.74, 6) is -0.485. The molecule has 0 radical (unpaired) electrons. The van der Waals surface area contributed by atoms with Gasteiger partial charge in [0.1, 0.15) is 12.1 Å². The molecule has 1 unspecified atom stereocenters. The van der Waals surface area contributed by atoms with Crippen molar-refractivity contribution in [1.82, 2.24) is 5.32 Å². The summed E-state index contributed by atoms with van der Waals surface area (Å²) in [4.78, 5) is 12.9. The molecule has 0 saturated carbocycles. The minimum Gasteiger partial charge on any atom is -0.445 e. The van der Waals surface area contributed by atoms with Crippen LogP contribution in [0.2, 0.25) is 19.6 Å². The zero-order valence-electron chi connectivity index (χ0n) is 21.7. The SMILES string of the molecule is C=C[C@]1(NC(=O)OCc2ccccc2)COC(O)[C@H](CCOCc2ccccc2)[C@]1(C)O[Si](C)(C)C. The van der Waals surface area contributed by atoms with E-state index in [1.807, 2.05) is 67.6 Å². The minimum atomic E-state index is -2.16. The van der Waals surface area contributed by atoms with Crippen LogP contribution in [0.25, 0.3) is 0 Å². The van der Waals surface area contributed by atoms with Crippen molar-refractivity contribution in [3.8, 4) is 0 Å². The van der Waals surface area contributed by atoms with Crippen LogP contribution in [0.5, 0.6) is 0 Å². The maximum Gasteiger partial charge on any atom is 0.408 e. The molecule has 1 saturated heterocycles. The van der Waals surface area contributed by atoms with E-state index in [9.17, 15) is 9.90 Å². The number of carbonyl (C=O) groups excluding carboxylic acids is 1. The Balaban J connectivity index is 1.77. The molecule has 0 spiro atoms. The molecule has 1 fully saturated rings. The van der Waals surface area contributed by atoms with Crippen LogP contribution in [0.1, 0.15) is 24.5 Å². The molecule has 2 aromatic rings. The number of aliphatic hydroxyl groups excluding tert-OH is 1. The van der Waals surface area contributed by atoms with E-state index in [0.717, 1.165) is 11.1 Å². The molecule has 3 rings (SSSR count). The van der Waals surface area contributed by atoms with E-state index in [1.165, 1.54) is 0 Å². The summed E-state index contributed by atoms with van der Waals surface area (Å²) in [7, 11) is -2.16. The summed E-state index contributed by atoms with van der Waals surface area (Å²) in [6.45, 7) is 13.1. The lowest BCUT2D eigenvalue weighted by Crippen LogP contribution is -2.74. The van der Waals surface area contributed by atoms with Crippen LogP contribution in [0.15, 0.2) is 73.3 Å². The molecule has 1 aliphatic rings. The monoisotopic (exact) mass is 513 g/mol. The summed E-state index contributed by atoms with van der Waals surface area (Å²) in [5, 5.41) is 13.9. The lowest BCUT2D eigenvalue weighted by atomic mass is 9.69. The number of rotatable bonds is 11. The molecule has 0 aromatic heterocycles. The summed E-state index contributed by atoms with van der Waals surface area (Å²) < 4.78 is 23.9. The van der Waals surface area contributed by atoms with Gasteiger partial charge in [-0.15, -0.1) is 6.58 Å². The molecule has 2 N–H and O–H groups in total. The van der Waals surface area contributed by atoms with Crippen molar-refractivity contribution in [2.24, 2.45) is 5.92 Å². The molecular formula is C28H39NO6Si. The van der Waals surface area contributed by atoms with E-state index in [1.54, 1.807) is 6.08 Å². The van der Waals surface area contributed by atoms with Crippen molar-refractivity contribution < 1.29 is 28.5 Å². The molecule has 7 nitrogen and oxygen atoms in total. The maximum atomic E-state index is 12.9. The van der Waals surface area contributed by atoms with Gasteiger partial charge in [0.05, 0.1) is 18.8 Å². The fourth-order valence-electron chi connectivity index (χ4n) is 4.69. The average molecular weight is 514 g/mol. The summed E-state index contributed by atoms with van der Waals surface area (Å²) in [5.41, 5.74) is -0.184. The number of carbonyl (C=O) groups is 1. The standard InChI is InChI=1S/C28H39NO6Si/c1-6-28(29-26(31)33-20-23-15-11-8-12-16-23)21-34-25(30)24(27(28,2)35-36(3,4)5)17-18-32-19-22-13-9-7-10-14-22/h6-16,24-25,30H,1,17-21H2,2-5H3,(H,29,31)/t24-,25?,27-,28-/m0/s1. The van der Waals surface area contributed by atoms with Gasteiger partial charge in [-0.2, -0.15) is 0 Å². The van der Waals surface area contributed by atoms with Gasteiger partial charge in [0.25, 0.3) is 0 Å². The van der Waals surface area contributed by atoms with E-state index >= 15 is 0 Å². The highest BCUT2D eigenvalue weighted by Crippen LogP contribution is 2.44. The number of hydrogen-bond acceptors (Lipinski definition) is 6. The van der Waals surface area contributed by atoms with Gasteiger partial charge in [-0.25, -0.2) is 4.79 Å². The number of aliphatic hydroxyl groups is 1. The predicted octanol–water partition coefficient (Wildman–Crippen LogP) is 5.02. The van der Waals surface area contributed by atoms with Crippen molar-refractivity contribution in [2.75, 3.05) is 13.2 Å². The first-order valence-electron chi connectivity index (χ1n) is 12.3. The Morgan fingerprint density at radius 3 is 2.25 bits per heavy atom. The highest BCUT2D eigenvalue weighted by atomic mass is 28.4. The smallest absolute Gasteiger partial charge is 0.408 e. The molecule has 1 amide bonds. The number of ether oxygens (including phenoxy) is 3. The van der Waals surface area contributed by atoms with E-state index in [0.29, 0.717) is 19.6 Å². The van der Waals surface area contributed by atoms with Gasteiger partial charge in [-0.05, 0) is 44.1 Å². The third kappa shape index (κ3) is 7.05. The first-order chi connectivity index (χ1) is 17.1. The van der Waals surface area contributed by atoms with Crippen molar-refractivity contribution in [1.29, 1.82) is 0 Å². The zero-order valence-corrected chi connectivity index (χ0v) is 22.7. The van der Waals surface area contributed by atoms with Crippen molar-refractivity contribution in [2.45, 2.75) is 63.6 Å². The molecule has 0 aliphatic carbocycles. The van der Waals surface area contributed by atoms with Crippen molar-refractivity contribution in [3.63, 3.8) is 0 Å². The summed E-state index contributed by atoms with van der Waals surface area (Å²) in [6, 6.07) is 19.4. The van der Waals surface area contributed by atoms with Gasteiger partial charge in [-0.3, -0.25) is 0 Å². The first-order valence-corrected chi connectivity index (χ1v) is 15.7. The van der Waals surface area contributed by atoms with E-state index in [4.69, 9.17) is 18.6 Å². The highest BCUT2D eigenvalue weighted by Gasteiger charge is 2.60. The molecule has 1 heterocycles. The van der Waals surface area contributed by atoms with Crippen molar-refractivity contribution in [3.05, 3.63) is 84.4 Å². The van der Waals surface area contributed by atoms with Crippen LogP contribution in [0, 0.1) is 5.92 Å². The number of amides is 1. The van der Waals surface area contributed by atoms with Crippen LogP contribution in [-0.4, -0.2) is 50.2 Å². The second-order valence-electron chi connectivity index (χ2n) is 10.3. The van der Waals surface area contributed by atoms with Gasteiger partial charge in [0, 0.05) is 12.5 Å². The van der Waals surface area contributed by atoms with Gasteiger partial charge in [0.2, 0.25) is 0 Å². The molecule has 8 heteroatoms. The summed E-state index contributed by atoms with van der Waals surface area (Å²) >= 11 is 0. The quantitative estimate of drug-likeness (QED) is 0.249. The Bertz CT molecular complexity index is 983. The number of benzene rings is 2. The maximum absolute atomic E-state index is 12.9. The first kappa shape index (κ1) is 28.1. The Kier molecular flexibility index (Phi) is 9.49. The Labute approximate surface area is 215 Å². The Hall–Kier alpha value is -2.49. The lowest BCUT2D eigenvalue weighted by Gasteiger charge is -2.57. The van der Waals surface area contributed by atoms with Crippen molar-refractivity contribution >= 4 is 14.4 Å². The topological polar surface area (TPSA) is 86.3 Å². The number of hydrogen-bond donors (Lipinski definition) is 2. The molecule has 4 atom stereocenters. The van der Waals surface area contributed by atoms with Gasteiger partial charge < -0.3 is 29.1 Å². The summed E-state index contributed by atoms with van der Waals surface area (Å²) in [6.07, 6.45) is 0.413. The fourth-order valence-corrected chi connectivity index (χ4v) is 6.29. The third-order valence-electron chi connectivity index (χ3n) is 6.51. The van der Waals surface area contributed by atoms with E-state index in [-0.39, 0.29) is 13.2 Å². The molecule has 2 aromatic carbocycles. The number of alkyl carbamates (subject to hydrolysis) is 1. The average Bonchev–Trinajstić information content (AvgIpc) is 2.84. The van der Waals surface area contributed by atoms with Crippen LogP contribution in [0.3, 0.4) is 0 Å². The highest BCUT2D eigenvalue weighted by molar-refractivity contribution is 6.69. The molecule has 196 valence electrons. The molecule has 36 heavy (non-hydrogen) atoms.